The van der Waals surface area contributed by atoms with Crippen LogP contribution in [0.2, 0.25) is 0 Å². The number of benzene rings is 1. The van der Waals surface area contributed by atoms with Gasteiger partial charge in [-0.3, -0.25) is 10.1 Å². The van der Waals surface area contributed by atoms with Gasteiger partial charge in [-0.25, -0.2) is 9.59 Å². The molecule has 1 aliphatic rings. The lowest BCUT2D eigenvalue weighted by atomic mass is 10.2. The van der Waals surface area contributed by atoms with Gasteiger partial charge in [0.15, 0.2) is 0 Å². The van der Waals surface area contributed by atoms with Crippen molar-refractivity contribution < 1.29 is 24.4 Å². The second-order valence-corrected chi connectivity index (χ2v) is 7.19. The van der Waals surface area contributed by atoms with Gasteiger partial charge in [-0.05, 0) is 24.1 Å². The fourth-order valence-corrected chi connectivity index (χ4v) is 3.68. The highest BCUT2D eigenvalue weighted by Crippen LogP contribution is 2.23. The number of nitrogens with zero attached hydrogens (tertiary/aromatic N) is 2. The molecular weight excluding hydrogens is 376 g/mol. The van der Waals surface area contributed by atoms with Gasteiger partial charge >= 0.3 is 12.1 Å². The molecule has 148 valence electrons. The van der Waals surface area contributed by atoms with E-state index >= 15 is 0 Å². The summed E-state index contributed by atoms with van der Waals surface area (Å²) in [7, 11) is 0. The Bertz CT molecular complexity index is 671. The third kappa shape index (κ3) is 6.61. The lowest BCUT2D eigenvalue weighted by molar-refractivity contribution is -0.384. The van der Waals surface area contributed by atoms with Crippen molar-refractivity contribution in [1.82, 2.24) is 10.2 Å². The van der Waals surface area contributed by atoms with Crippen LogP contribution >= 0.6 is 11.8 Å². The van der Waals surface area contributed by atoms with E-state index in [1.54, 1.807) is 0 Å². The van der Waals surface area contributed by atoms with Gasteiger partial charge in [0, 0.05) is 36.2 Å². The van der Waals surface area contributed by atoms with Crippen LogP contribution in [0.25, 0.3) is 0 Å². The summed E-state index contributed by atoms with van der Waals surface area (Å²) in [5, 5.41) is 23.0. The highest BCUT2D eigenvalue weighted by molar-refractivity contribution is 7.99. The van der Waals surface area contributed by atoms with Gasteiger partial charge in [0.2, 0.25) is 0 Å². The van der Waals surface area contributed by atoms with E-state index in [0.29, 0.717) is 30.0 Å². The van der Waals surface area contributed by atoms with Crippen LogP contribution in [0, 0.1) is 10.1 Å². The molecule has 1 heterocycles. The molecule has 0 unspecified atom stereocenters. The molecule has 0 radical (unpaired) electrons. The summed E-state index contributed by atoms with van der Waals surface area (Å²) in [6.07, 6.45) is -0.680. The van der Waals surface area contributed by atoms with Crippen LogP contribution in [0.4, 0.5) is 15.3 Å². The number of primary amides is 1. The van der Waals surface area contributed by atoms with E-state index in [-0.39, 0.29) is 24.9 Å². The molecule has 4 N–H and O–H groups in total. The summed E-state index contributed by atoms with van der Waals surface area (Å²) >= 11 is 1.54. The molecular formula is C16H22N4O6S. The number of urea groups is 1. The molecule has 1 aromatic carbocycles. The molecule has 2 rings (SSSR count). The molecule has 1 fully saturated rings. The summed E-state index contributed by atoms with van der Waals surface area (Å²) in [6, 6.07) is 5.02. The molecule has 0 aromatic heterocycles. The largest absolute Gasteiger partial charge is 0.445 e. The minimum atomic E-state index is -0.605. The molecule has 27 heavy (non-hydrogen) atoms. The Morgan fingerprint density at radius 3 is 2.74 bits per heavy atom. The van der Waals surface area contributed by atoms with Gasteiger partial charge < -0.3 is 25.8 Å². The number of nitrogens with two attached hydrogens (primary N) is 1. The zero-order valence-corrected chi connectivity index (χ0v) is 15.4. The maximum Gasteiger partial charge on any atom is 0.410 e. The SMILES string of the molecule is NC(=O)NCCSC[C@@H]1C[C@@H](O)CN1C(=O)OCc1ccc([N+](=O)[O-])cc1. The lowest BCUT2D eigenvalue weighted by Crippen LogP contribution is -2.38. The van der Waals surface area contributed by atoms with Crippen LogP contribution in [-0.2, 0) is 11.3 Å². The molecule has 0 saturated carbocycles. The first-order chi connectivity index (χ1) is 12.9. The van der Waals surface area contributed by atoms with Crippen LogP contribution in [-0.4, -0.2) is 63.8 Å². The van der Waals surface area contributed by atoms with Gasteiger partial charge in [-0.1, -0.05) is 0 Å². The number of nitro groups is 1. The molecule has 10 nitrogen and oxygen atoms in total. The van der Waals surface area contributed by atoms with Crippen molar-refractivity contribution >= 4 is 29.6 Å². The third-order valence-electron chi connectivity index (χ3n) is 3.99. The summed E-state index contributed by atoms with van der Waals surface area (Å²) in [5.74, 6) is 1.24. The average Bonchev–Trinajstić information content (AvgIpc) is 3.00. The molecule has 11 heteroatoms. The van der Waals surface area contributed by atoms with Gasteiger partial charge in [-0.15, -0.1) is 0 Å². The Kier molecular flexibility index (Phi) is 7.67. The monoisotopic (exact) mass is 398 g/mol. The first-order valence-corrected chi connectivity index (χ1v) is 9.48. The number of hydrogen-bond donors (Lipinski definition) is 3. The van der Waals surface area contributed by atoms with Crippen molar-refractivity contribution in [3.05, 3.63) is 39.9 Å². The first kappa shape index (κ1) is 20.8. The summed E-state index contributed by atoms with van der Waals surface area (Å²) in [6.45, 7) is 0.621. The second kappa shape index (κ2) is 9.97. The number of nitrogens with one attached hydrogen (secondary N) is 1. The standard InChI is InChI=1S/C16H22N4O6S/c17-15(22)18-5-6-27-10-13-7-14(21)8-19(13)16(23)26-9-11-1-3-12(4-2-11)20(24)25/h1-4,13-14,21H,5-10H2,(H3,17,18,22)/t13-,14+/m0/s1. The number of carbonyl (C=O) groups excluding carboxylic acids is 2. The second-order valence-electron chi connectivity index (χ2n) is 6.04. The van der Waals surface area contributed by atoms with E-state index < -0.39 is 23.2 Å². The van der Waals surface area contributed by atoms with Crippen LogP contribution in [0.15, 0.2) is 24.3 Å². The Morgan fingerprint density at radius 2 is 2.11 bits per heavy atom. The highest BCUT2D eigenvalue weighted by atomic mass is 32.2. The molecule has 1 aliphatic heterocycles. The predicted molar refractivity (Wildman–Crippen MR) is 99.3 cm³/mol. The maximum atomic E-state index is 12.3. The van der Waals surface area contributed by atoms with Crippen molar-refractivity contribution in [2.75, 3.05) is 24.6 Å². The van der Waals surface area contributed by atoms with Crippen molar-refractivity contribution in [3.63, 3.8) is 0 Å². The number of rotatable bonds is 8. The number of aliphatic hydroxyl groups is 1. The van der Waals surface area contributed by atoms with Gasteiger partial charge in [0.05, 0.1) is 17.6 Å². The Hall–Kier alpha value is -2.53. The number of β-amino-alcohol motifs (C(OH)–C–C–N with tert-alkyl or cyclic N) is 1. The predicted octanol–water partition coefficient (Wildman–Crippen LogP) is 1.07. The van der Waals surface area contributed by atoms with E-state index in [9.17, 15) is 24.8 Å². The smallest absolute Gasteiger partial charge is 0.410 e. The van der Waals surface area contributed by atoms with Crippen molar-refractivity contribution in [2.24, 2.45) is 5.73 Å². The third-order valence-corrected chi connectivity index (χ3v) is 5.11. The van der Waals surface area contributed by atoms with Gasteiger partial charge in [0.1, 0.15) is 6.61 Å². The zero-order valence-electron chi connectivity index (χ0n) is 14.6. The topological polar surface area (TPSA) is 148 Å². The van der Waals surface area contributed by atoms with E-state index in [2.05, 4.69) is 5.32 Å². The summed E-state index contributed by atoms with van der Waals surface area (Å²) in [4.78, 5) is 34.6. The van der Waals surface area contributed by atoms with E-state index in [1.165, 1.54) is 40.9 Å². The Morgan fingerprint density at radius 1 is 1.41 bits per heavy atom. The minimum Gasteiger partial charge on any atom is -0.445 e. The van der Waals surface area contributed by atoms with Crippen LogP contribution in [0.3, 0.4) is 0 Å². The fraction of sp³-hybridized carbons (Fsp3) is 0.500. The Balaban J connectivity index is 1.80. The first-order valence-electron chi connectivity index (χ1n) is 8.32. The van der Waals surface area contributed by atoms with E-state index in [1.807, 2.05) is 0 Å². The summed E-state index contributed by atoms with van der Waals surface area (Å²) < 4.78 is 5.27. The van der Waals surface area contributed by atoms with Gasteiger partial charge in [-0.2, -0.15) is 11.8 Å². The van der Waals surface area contributed by atoms with E-state index in [4.69, 9.17) is 10.5 Å². The fourth-order valence-electron chi connectivity index (χ4n) is 2.68. The van der Waals surface area contributed by atoms with Crippen molar-refractivity contribution in [1.29, 1.82) is 0 Å². The van der Waals surface area contributed by atoms with Gasteiger partial charge in [0.25, 0.3) is 5.69 Å². The highest BCUT2D eigenvalue weighted by Gasteiger charge is 2.35. The van der Waals surface area contributed by atoms with Crippen LogP contribution in [0.1, 0.15) is 12.0 Å². The number of aliphatic hydroxyl groups excluding tert-OH is 1. The number of thioether (sulfide) groups is 1. The summed E-state index contributed by atoms with van der Waals surface area (Å²) in [5.41, 5.74) is 5.59. The number of amides is 3. The average molecular weight is 398 g/mol. The molecule has 1 aromatic rings. The maximum absolute atomic E-state index is 12.3. The number of hydrogen-bond acceptors (Lipinski definition) is 7. The number of ether oxygens (including phenoxy) is 1. The number of non-ortho nitro benzene ring substituents is 1. The van der Waals surface area contributed by atoms with Crippen molar-refractivity contribution in [3.8, 4) is 0 Å². The van der Waals surface area contributed by atoms with Crippen LogP contribution in [0.5, 0.6) is 0 Å². The molecule has 0 spiro atoms. The zero-order chi connectivity index (χ0) is 19.8. The molecule has 3 amide bonds. The normalized spacial score (nSPS) is 18.9. The lowest BCUT2D eigenvalue weighted by Gasteiger charge is -2.23. The minimum absolute atomic E-state index is 0.00812. The number of carbonyl (C=O) groups is 2. The molecule has 2 atom stereocenters. The number of nitro benzene ring substituents is 1. The van der Waals surface area contributed by atoms with E-state index in [0.717, 1.165) is 0 Å². The molecule has 0 aliphatic carbocycles. The quantitative estimate of drug-likeness (QED) is 0.337. The Labute approximate surface area is 160 Å². The molecule has 1 saturated heterocycles. The van der Waals surface area contributed by atoms with Crippen molar-refractivity contribution in [2.45, 2.75) is 25.2 Å². The van der Waals surface area contributed by atoms with Crippen LogP contribution < -0.4 is 11.1 Å². The molecule has 0 bridgehead atoms. The number of likely N-dealkylation sites (tertiary alicyclic amines) is 1.